The Bertz CT molecular complexity index is 422. The molecule has 18 heavy (non-hydrogen) atoms. The minimum atomic E-state index is -0.710. The van der Waals surface area contributed by atoms with E-state index in [9.17, 15) is 4.79 Å². The fraction of sp³-hybridized carbons (Fsp3) is 0.429. The molecular weight excluding hydrogens is 226 g/mol. The summed E-state index contributed by atoms with van der Waals surface area (Å²) in [4.78, 5) is 15.8. The van der Waals surface area contributed by atoms with Gasteiger partial charge in [-0.1, -0.05) is 30.3 Å². The van der Waals surface area contributed by atoms with Gasteiger partial charge in [0.05, 0.1) is 6.07 Å². The Balaban J connectivity index is 2.72. The summed E-state index contributed by atoms with van der Waals surface area (Å²) in [6.45, 7) is 1.41. The fourth-order valence-electron chi connectivity index (χ4n) is 1.60. The largest absolute Gasteiger partial charge is 0.343 e. The lowest BCUT2D eigenvalue weighted by Gasteiger charge is -2.22. The number of carbonyl (C=O) groups excluding carboxylic acids is 1. The quantitative estimate of drug-likeness (QED) is 0.786. The number of benzene rings is 1. The minimum absolute atomic E-state index is 0.148. The Morgan fingerprint density at radius 3 is 2.33 bits per heavy atom. The first-order chi connectivity index (χ1) is 8.56. The number of rotatable bonds is 5. The van der Waals surface area contributed by atoms with E-state index in [-0.39, 0.29) is 5.91 Å². The number of nitriles is 1. The summed E-state index contributed by atoms with van der Waals surface area (Å²) < 4.78 is 0. The molecule has 4 heteroatoms. The number of hydrogen-bond acceptors (Lipinski definition) is 3. The summed E-state index contributed by atoms with van der Waals surface area (Å²) in [7, 11) is 5.65. The number of hydrogen-bond donors (Lipinski definition) is 0. The van der Waals surface area contributed by atoms with Crippen molar-refractivity contribution in [2.24, 2.45) is 0 Å². The summed E-state index contributed by atoms with van der Waals surface area (Å²) in [6, 6.07) is 11.3. The van der Waals surface area contributed by atoms with E-state index in [4.69, 9.17) is 5.26 Å². The molecule has 1 rings (SSSR count). The summed E-state index contributed by atoms with van der Waals surface area (Å²) >= 11 is 0. The molecule has 0 heterocycles. The molecule has 0 N–H and O–H groups in total. The summed E-state index contributed by atoms with van der Waals surface area (Å²) in [6.07, 6.45) is 0. The third-order valence-corrected chi connectivity index (χ3v) is 2.77. The van der Waals surface area contributed by atoms with Crippen molar-refractivity contribution in [3.05, 3.63) is 35.9 Å². The van der Waals surface area contributed by atoms with Crippen molar-refractivity contribution >= 4 is 5.91 Å². The fourth-order valence-corrected chi connectivity index (χ4v) is 1.60. The van der Waals surface area contributed by atoms with Gasteiger partial charge in [-0.3, -0.25) is 4.79 Å². The predicted octanol–water partition coefficient (Wildman–Crippen LogP) is 1.31. The molecule has 0 fully saturated rings. The van der Waals surface area contributed by atoms with Crippen LogP contribution in [0.3, 0.4) is 0 Å². The van der Waals surface area contributed by atoms with E-state index in [1.54, 1.807) is 11.9 Å². The molecule has 1 aromatic carbocycles. The average molecular weight is 245 g/mol. The smallest absolute Gasteiger partial charge is 0.244 e. The molecule has 1 unspecified atom stereocenters. The van der Waals surface area contributed by atoms with Crippen LogP contribution in [0, 0.1) is 11.3 Å². The Morgan fingerprint density at radius 1 is 1.22 bits per heavy atom. The maximum absolute atomic E-state index is 12.2. The molecule has 0 radical (unpaired) electrons. The number of likely N-dealkylation sites (N-methyl/N-ethyl adjacent to an activating group) is 2. The van der Waals surface area contributed by atoms with Gasteiger partial charge in [0, 0.05) is 20.1 Å². The average Bonchev–Trinajstić information content (AvgIpc) is 2.38. The zero-order valence-corrected chi connectivity index (χ0v) is 11.1. The Labute approximate surface area is 108 Å². The molecule has 0 spiro atoms. The molecule has 96 valence electrons. The van der Waals surface area contributed by atoms with Crippen LogP contribution < -0.4 is 0 Å². The Morgan fingerprint density at radius 2 is 1.83 bits per heavy atom. The molecule has 0 saturated carbocycles. The molecule has 0 bridgehead atoms. The monoisotopic (exact) mass is 245 g/mol. The highest BCUT2D eigenvalue weighted by Crippen LogP contribution is 2.16. The maximum Gasteiger partial charge on any atom is 0.244 e. The normalized spacial score (nSPS) is 11.9. The topological polar surface area (TPSA) is 47.3 Å². The van der Waals surface area contributed by atoms with Crippen molar-refractivity contribution in [3.8, 4) is 6.07 Å². The van der Waals surface area contributed by atoms with E-state index in [1.165, 1.54) is 0 Å². The summed E-state index contributed by atoms with van der Waals surface area (Å²) in [5.74, 6) is -0.857. The van der Waals surface area contributed by atoms with Crippen LogP contribution in [-0.4, -0.2) is 49.9 Å². The van der Waals surface area contributed by atoms with E-state index >= 15 is 0 Å². The van der Waals surface area contributed by atoms with Gasteiger partial charge in [0.25, 0.3) is 0 Å². The van der Waals surface area contributed by atoms with Crippen LogP contribution in [0.1, 0.15) is 11.5 Å². The number of amides is 1. The van der Waals surface area contributed by atoms with Crippen molar-refractivity contribution < 1.29 is 4.79 Å². The van der Waals surface area contributed by atoms with Crippen molar-refractivity contribution in [3.63, 3.8) is 0 Å². The maximum atomic E-state index is 12.2. The molecule has 0 saturated heterocycles. The predicted molar refractivity (Wildman–Crippen MR) is 71.0 cm³/mol. The zero-order valence-electron chi connectivity index (χ0n) is 11.1. The third kappa shape index (κ3) is 3.86. The van der Waals surface area contributed by atoms with Crippen LogP contribution in [0.25, 0.3) is 0 Å². The third-order valence-electron chi connectivity index (χ3n) is 2.77. The van der Waals surface area contributed by atoms with Gasteiger partial charge in [-0.05, 0) is 19.7 Å². The van der Waals surface area contributed by atoms with Gasteiger partial charge in [-0.2, -0.15) is 5.26 Å². The lowest BCUT2D eigenvalue weighted by molar-refractivity contribution is -0.130. The highest BCUT2D eigenvalue weighted by Gasteiger charge is 2.23. The van der Waals surface area contributed by atoms with Crippen LogP contribution in [0.5, 0.6) is 0 Å². The first-order valence-electron chi connectivity index (χ1n) is 5.90. The molecule has 1 amide bonds. The highest BCUT2D eigenvalue weighted by atomic mass is 16.2. The molecule has 1 atom stereocenters. The second-order valence-corrected chi connectivity index (χ2v) is 4.54. The van der Waals surface area contributed by atoms with Crippen LogP contribution in [-0.2, 0) is 4.79 Å². The van der Waals surface area contributed by atoms with Gasteiger partial charge >= 0.3 is 0 Å². The molecular formula is C14H19N3O. The number of carbonyl (C=O) groups is 1. The summed E-state index contributed by atoms with van der Waals surface area (Å²) in [5, 5.41) is 9.17. The molecule has 0 aromatic heterocycles. The summed E-state index contributed by atoms with van der Waals surface area (Å²) in [5.41, 5.74) is 0.752. The second kappa shape index (κ2) is 6.77. The Kier molecular flexibility index (Phi) is 5.34. The van der Waals surface area contributed by atoms with Crippen molar-refractivity contribution in [1.82, 2.24) is 9.80 Å². The van der Waals surface area contributed by atoms with Crippen LogP contribution in [0.4, 0.5) is 0 Å². The van der Waals surface area contributed by atoms with Crippen molar-refractivity contribution in [1.29, 1.82) is 5.26 Å². The van der Waals surface area contributed by atoms with Crippen LogP contribution >= 0.6 is 0 Å². The first-order valence-corrected chi connectivity index (χ1v) is 5.90. The van der Waals surface area contributed by atoms with Crippen LogP contribution in [0.2, 0.25) is 0 Å². The van der Waals surface area contributed by atoms with Gasteiger partial charge in [0.2, 0.25) is 5.91 Å². The lowest BCUT2D eigenvalue weighted by atomic mass is 9.99. The van der Waals surface area contributed by atoms with Gasteiger partial charge in [-0.15, -0.1) is 0 Å². The SMILES string of the molecule is CN(C)CCN(C)C(=O)C(C#N)c1ccccc1. The highest BCUT2D eigenvalue weighted by molar-refractivity contribution is 5.86. The molecule has 0 aliphatic carbocycles. The van der Waals surface area contributed by atoms with Gasteiger partial charge in [0.15, 0.2) is 0 Å². The van der Waals surface area contributed by atoms with Crippen molar-refractivity contribution in [2.75, 3.05) is 34.2 Å². The van der Waals surface area contributed by atoms with E-state index in [0.29, 0.717) is 6.54 Å². The zero-order chi connectivity index (χ0) is 13.5. The molecule has 4 nitrogen and oxygen atoms in total. The second-order valence-electron chi connectivity index (χ2n) is 4.54. The van der Waals surface area contributed by atoms with E-state index < -0.39 is 5.92 Å². The minimum Gasteiger partial charge on any atom is -0.343 e. The standard InChI is InChI=1S/C14H19N3O/c1-16(2)9-10-17(3)14(18)13(11-15)12-7-5-4-6-8-12/h4-8,13H,9-10H2,1-3H3. The molecule has 0 aliphatic rings. The van der Waals surface area contributed by atoms with E-state index in [2.05, 4.69) is 6.07 Å². The van der Waals surface area contributed by atoms with Gasteiger partial charge in [-0.25, -0.2) is 0 Å². The van der Waals surface area contributed by atoms with Crippen molar-refractivity contribution in [2.45, 2.75) is 5.92 Å². The van der Waals surface area contributed by atoms with E-state index in [1.807, 2.05) is 49.3 Å². The van der Waals surface area contributed by atoms with E-state index in [0.717, 1.165) is 12.1 Å². The lowest BCUT2D eigenvalue weighted by Crippen LogP contribution is -2.36. The number of nitrogens with zero attached hydrogens (tertiary/aromatic N) is 3. The van der Waals surface area contributed by atoms with Gasteiger partial charge in [0.1, 0.15) is 5.92 Å². The van der Waals surface area contributed by atoms with Crippen LogP contribution in [0.15, 0.2) is 30.3 Å². The molecule has 0 aliphatic heterocycles. The first kappa shape index (κ1) is 14.2. The van der Waals surface area contributed by atoms with Gasteiger partial charge < -0.3 is 9.80 Å². The molecule has 1 aromatic rings. The Hall–Kier alpha value is -1.86.